The highest BCUT2D eigenvalue weighted by Crippen LogP contribution is 2.30. The van der Waals surface area contributed by atoms with Gasteiger partial charge in [-0.1, -0.05) is 13.8 Å². The van der Waals surface area contributed by atoms with Crippen molar-refractivity contribution in [3.63, 3.8) is 0 Å². The summed E-state index contributed by atoms with van der Waals surface area (Å²) in [6.07, 6.45) is 6.89. The molecule has 2 fully saturated rings. The second-order valence-electron chi connectivity index (χ2n) is 7.55. The summed E-state index contributed by atoms with van der Waals surface area (Å²) in [5, 5.41) is 8.81. The molecule has 0 radical (unpaired) electrons. The molecule has 2 aliphatic rings. The predicted molar refractivity (Wildman–Crippen MR) is 99.9 cm³/mol. The Morgan fingerprint density at radius 1 is 1.22 bits per heavy atom. The van der Waals surface area contributed by atoms with Gasteiger partial charge in [0.15, 0.2) is 0 Å². The fraction of sp³-hybridized carbons (Fsp3) is 0.500. The Balaban J connectivity index is 1.35. The zero-order chi connectivity index (χ0) is 18.5. The number of fused-ring (bicyclic) bond motifs is 1. The molecule has 0 unspecified atom stereocenters. The van der Waals surface area contributed by atoms with Crippen molar-refractivity contribution in [3.05, 3.63) is 30.5 Å². The fourth-order valence-corrected chi connectivity index (χ4v) is 3.73. The lowest BCUT2D eigenvalue weighted by atomic mass is 10.1. The van der Waals surface area contributed by atoms with E-state index in [2.05, 4.69) is 45.0 Å². The molecule has 0 aromatic carbocycles. The van der Waals surface area contributed by atoms with Gasteiger partial charge in [-0.15, -0.1) is 0 Å². The molecule has 9 nitrogen and oxygen atoms in total. The summed E-state index contributed by atoms with van der Waals surface area (Å²) in [7, 11) is 0. The van der Waals surface area contributed by atoms with Gasteiger partial charge in [0.05, 0.1) is 23.6 Å². The first-order valence-corrected chi connectivity index (χ1v) is 9.40. The molecule has 27 heavy (non-hydrogen) atoms. The number of amides is 1. The van der Waals surface area contributed by atoms with Gasteiger partial charge in [0.2, 0.25) is 5.91 Å². The van der Waals surface area contributed by atoms with E-state index >= 15 is 0 Å². The molecule has 0 N–H and O–H groups in total. The number of nitrogens with zero attached hydrogens (tertiary/aromatic N) is 8. The van der Waals surface area contributed by atoms with Crippen LogP contribution in [0.1, 0.15) is 44.3 Å². The Bertz CT molecular complexity index is 1000. The summed E-state index contributed by atoms with van der Waals surface area (Å²) in [6, 6.07) is 2.38. The molecule has 5 rings (SSSR count). The van der Waals surface area contributed by atoms with E-state index in [0.717, 1.165) is 43.3 Å². The molecule has 0 atom stereocenters. The van der Waals surface area contributed by atoms with Crippen LogP contribution in [0.5, 0.6) is 0 Å². The first-order chi connectivity index (χ1) is 13.1. The zero-order valence-corrected chi connectivity index (χ0v) is 15.5. The zero-order valence-electron chi connectivity index (χ0n) is 15.5. The molecular weight excluding hydrogens is 344 g/mol. The van der Waals surface area contributed by atoms with E-state index in [1.807, 2.05) is 15.8 Å². The van der Waals surface area contributed by atoms with Crippen LogP contribution in [0.2, 0.25) is 0 Å². The number of carbonyl (C=O) groups is 1. The molecule has 0 saturated carbocycles. The third kappa shape index (κ3) is 2.65. The Morgan fingerprint density at radius 3 is 2.81 bits per heavy atom. The molecular formula is C18H22N8O. The van der Waals surface area contributed by atoms with Gasteiger partial charge in [0.25, 0.3) is 5.78 Å². The van der Waals surface area contributed by atoms with Crippen molar-refractivity contribution in [2.24, 2.45) is 0 Å². The van der Waals surface area contributed by atoms with Crippen molar-refractivity contribution in [2.45, 2.75) is 38.6 Å². The van der Waals surface area contributed by atoms with E-state index in [4.69, 9.17) is 0 Å². The highest BCUT2D eigenvalue weighted by Gasteiger charge is 2.32. The van der Waals surface area contributed by atoms with Gasteiger partial charge in [0, 0.05) is 38.3 Å². The Labute approximate surface area is 156 Å². The van der Waals surface area contributed by atoms with E-state index in [-0.39, 0.29) is 11.9 Å². The van der Waals surface area contributed by atoms with Crippen molar-refractivity contribution in [2.75, 3.05) is 29.4 Å². The summed E-state index contributed by atoms with van der Waals surface area (Å²) in [5.41, 5.74) is 1.92. The molecule has 9 heteroatoms. The summed E-state index contributed by atoms with van der Waals surface area (Å²) in [4.78, 5) is 24.8. The van der Waals surface area contributed by atoms with Crippen LogP contribution in [0, 0.1) is 0 Å². The Morgan fingerprint density at radius 2 is 2.07 bits per heavy atom. The van der Waals surface area contributed by atoms with Crippen LogP contribution in [0.15, 0.2) is 24.8 Å². The monoisotopic (exact) mass is 366 g/mol. The first-order valence-electron chi connectivity index (χ1n) is 9.40. The molecule has 140 valence electrons. The topological polar surface area (TPSA) is 84.5 Å². The number of hydrogen-bond donors (Lipinski definition) is 0. The van der Waals surface area contributed by atoms with Crippen molar-refractivity contribution in [3.8, 4) is 0 Å². The van der Waals surface area contributed by atoms with Crippen LogP contribution in [0.4, 0.5) is 11.5 Å². The minimum Gasteiger partial charge on any atom is -0.352 e. The van der Waals surface area contributed by atoms with Gasteiger partial charge in [-0.3, -0.25) is 9.48 Å². The Kier molecular flexibility index (Phi) is 3.63. The predicted octanol–water partition coefficient (Wildman–Crippen LogP) is 1.63. The minimum absolute atomic E-state index is 0.191. The normalized spacial score (nSPS) is 18.1. The highest BCUT2D eigenvalue weighted by molar-refractivity contribution is 5.95. The Hall–Kier alpha value is -2.97. The number of aromatic nitrogens is 6. The molecule has 2 saturated heterocycles. The lowest BCUT2D eigenvalue weighted by molar-refractivity contribution is -0.117. The van der Waals surface area contributed by atoms with Crippen LogP contribution in [0.3, 0.4) is 0 Å². The number of carbonyl (C=O) groups excluding carboxylic acids is 1. The van der Waals surface area contributed by atoms with Gasteiger partial charge in [-0.05, 0) is 12.3 Å². The standard InChI is InChI=1S/C18H22N8O/c1-12(2)15-6-16(26-18(22-15)19-11-21-26)23-8-14(9-23)25-10-13(7-20-25)24-5-3-4-17(24)27/h6-7,10-12,14H,3-5,8-9H2,1-2H3. The van der Waals surface area contributed by atoms with Gasteiger partial charge < -0.3 is 9.80 Å². The van der Waals surface area contributed by atoms with Crippen LogP contribution >= 0.6 is 0 Å². The number of hydrogen-bond acceptors (Lipinski definition) is 6. The van der Waals surface area contributed by atoms with E-state index in [1.54, 1.807) is 17.0 Å². The maximum absolute atomic E-state index is 11.9. The molecule has 2 aliphatic heterocycles. The maximum Gasteiger partial charge on any atom is 0.254 e. The largest absolute Gasteiger partial charge is 0.352 e. The first kappa shape index (κ1) is 16.2. The van der Waals surface area contributed by atoms with E-state index < -0.39 is 0 Å². The summed E-state index contributed by atoms with van der Waals surface area (Å²) < 4.78 is 3.76. The number of anilines is 2. The average molecular weight is 366 g/mol. The summed E-state index contributed by atoms with van der Waals surface area (Å²) in [5.74, 6) is 2.17. The average Bonchev–Trinajstić information content (AvgIpc) is 3.33. The molecule has 3 aromatic rings. The van der Waals surface area contributed by atoms with Crippen molar-refractivity contribution >= 4 is 23.2 Å². The van der Waals surface area contributed by atoms with E-state index in [9.17, 15) is 4.79 Å². The van der Waals surface area contributed by atoms with E-state index in [1.165, 1.54) is 0 Å². The second kappa shape index (κ2) is 6.04. The molecule has 1 amide bonds. The van der Waals surface area contributed by atoms with Crippen LogP contribution in [0.25, 0.3) is 5.78 Å². The third-order valence-electron chi connectivity index (χ3n) is 5.38. The molecule has 0 bridgehead atoms. The molecule has 0 spiro atoms. The maximum atomic E-state index is 11.9. The minimum atomic E-state index is 0.191. The summed E-state index contributed by atoms with van der Waals surface area (Å²) >= 11 is 0. The lowest BCUT2D eigenvalue weighted by Gasteiger charge is -2.40. The summed E-state index contributed by atoms with van der Waals surface area (Å²) in [6.45, 7) is 6.73. The van der Waals surface area contributed by atoms with Gasteiger partial charge in [0.1, 0.15) is 12.1 Å². The SMILES string of the molecule is CC(C)c1cc(N2CC(n3cc(N4CCCC4=O)cn3)C2)n2ncnc2n1. The van der Waals surface area contributed by atoms with Crippen molar-refractivity contribution in [1.82, 2.24) is 29.4 Å². The van der Waals surface area contributed by atoms with Crippen LogP contribution < -0.4 is 9.80 Å². The van der Waals surface area contributed by atoms with Crippen molar-refractivity contribution < 1.29 is 4.79 Å². The van der Waals surface area contributed by atoms with Gasteiger partial charge in [-0.25, -0.2) is 4.98 Å². The fourth-order valence-electron chi connectivity index (χ4n) is 3.73. The third-order valence-corrected chi connectivity index (χ3v) is 5.38. The van der Waals surface area contributed by atoms with Crippen LogP contribution in [-0.2, 0) is 4.79 Å². The second-order valence-corrected chi connectivity index (χ2v) is 7.55. The molecule has 5 heterocycles. The van der Waals surface area contributed by atoms with Crippen molar-refractivity contribution in [1.29, 1.82) is 0 Å². The molecule has 0 aliphatic carbocycles. The number of rotatable bonds is 4. The quantitative estimate of drug-likeness (QED) is 0.698. The van der Waals surface area contributed by atoms with Gasteiger partial charge in [-0.2, -0.15) is 19.7 Å². The molecule has 3 aromatic heterocycles. The van der Waals surface area contributed by atoms with E-state index in [0.29, 0.717) is 18.1 Å². The lowest BCUT2D eigenvalue weighted by Crippen LogP contribution is -2.49. The highest BCUT2D eigenvalue weighted by atomic mass is 16.2. The smallest absolute Gasteiger partial charge is 0.254 e. The van der Waals surface area contributed by atoms with Crippen LogP contribution in [-0.4, -0.2) is 54.9 Å². The van der Waals surface area contributed by atoms with Gasteiger partial charge >= 0.3 is 0 Å².